The van der Waals surface area contributed by atoms with Crippen LogP contribution in [0.15, 0.2) is 200 Å². The topological polar surface area (TPSA) is 30.7 Å². The standard InChI is InChI=1S/C52H33N3/c1-3-16-35(17-4-1)47-33-48(54-52(53-47)51-41-23-10-8-18-36(41)31-46-39-21-9-7-15-34(39)27-30-45(46)51)42-24-12-11-22-40(42)37-28-29-44-43-25-13-14-26-49(43)55(50(44)32-37)38-19-5-2-6-20-38/h1-33H. The van der Waals surface area contributed by atoms with E-state index in [1.807, 2.05) is 0 Å². The summed E-state index contributed by atoms with van der Waals surface area (Å²) in [6.07, 6.45) is 0. The highest BCUT2D eigenvalue weighted by atomic mass is 15.0. The van der Waals surface area contributed by atoms with Crippen molar-refractivity contribution < 1.29 is 0 Å². The third-order valence-corrected chi connectivity index (χ3v) is 11.0. The van der Waals surface area contributed by atoms with Gasteiger partial charge in [0.1, 0.15) is 0 Å². The lowest BCUT2D eigenvalue weighted by Crippen LogP contribution is -1.98. The molecule has 0 fully saturated rings. The van der Waals surface area contributed by atoms with Crippen LogP contribution in [0.1, 0.15) is 0 Å². The molecule has 11 aromatic rings. The third-order valence-electron chi connectivity index (χ3n) is 11.0. The largest absolute Gasteiger partial charge is 0.309 e. The zero-order valence-electron chi connectivity index (χ0n) is 29.9. The molecular weight excluding hydrogens is 667 g/mol. The van der Waals surface area contributed by atoms with Crippen LogP contribution in [0.2, 0.25) is 0 Å². The molecule has 0 radical (unpaired) electrons. The Balaban J connectivity index is 1.18. The van der Waals surface area contributed by atoms with Crippen molar-refractivity contribution in [3.63, 3.8) is 0 Å². The van der Waals surface area contributed by atoms with Gasteiger partial charge in [0, 0.05) is 33.2 Å². The van der Waals surface area contributed by atoms with Crippen molar-refractivity contribution in [2.45, 2.75) is 0 Å². The monoisotopic (exact) mass is 699 g/mol. The van der Waals surface area contributed by atoms with Crippen molar-refractivity contribution in [2.24, 2.45) is 0 Å². The Kier molecular flexibility index (Phi) is 7.17. The molecule has 3 nitrogen and oxygen atoms in total. The van der Waals surface area contributed by atoms with E-state index < -0.39 is 0 Å². The summed E-state index contributed by atoms with van der Waals surface area (Å²) in [5, 5.41) is 9.54. The zero-order chi connectivity index (χ0) is 36.3. The number of para-hydroxylation sites is 2. The van der Waals surface area contributed by atoms with Crippen molar-refractivity contribution >= 4 is 54.1 Å². The maximum absolute atomic E-state index is 5.51. The van der Waals surface area contributed by atoms with Gasteiger partial charge in [-0.3, -0.25) is 0 Å². The minimum absolute atomic E-state index is 0.711. The molecule has 256 valence electrons. The number of aromatic nitrogens is 3. The van der Waals surface area contributed by atoms with Gasteiger partial charge in [0.15, 0.2) is 5.82 Å². The van der Waals surface area contributed by atoms with E-state index in [4.69, 9.17) is 9.97 Å². The molecule has 0 aliphatic carbocycles. The van der Waals surface area contributed by atoms with Crippen LogP contribution < -0.4 is 0 Å². The van der Waals surface area contributed by atoms with Crippen LogP contribution in [0.25, 0.3) is 105 Å². The fourth-order valence-corrected chi connectivity index (χ4v) is 8.47. The van der Waals surface area contributed by atoms with Crippen molar-refractivity contribution in [2.75, 3.05) is 0 Å². The van der Waals surface area contributed by atoms with Crippen LogP contribution in [0.3, 0.4) is 0 Å². The molecule has 0 amide bonds. The van der Waals surface area contributed by atoms with Gasteiger partial charge in [-0.1, -0.05) is 164 Å². The van der Waals surface area contributed by atoms with E-state index in [1.165, 1.54) is 43.4 Å². The third kappa shape index (κ3) is 5.13. The highest BCUT2D eigenvalue weighted by Crippen LogP contribution is 2.42. The first-order chi connectivity index (χ1) is 27.3. The predicted molar refractivity (Wildman–Crippen MR) is 231 cm³/mol. The maximum Gasteiger partial charge on any atom is 0.161 e. The summed E-state index contributed by atoms with van der Waals surface area (Å²) in [6.45, 7) is 0. The summed E-state index contributed by atoms with van der Waals surface area (Å²) in [7, 11) is 0. The molecule has 0 atom stereocenters. The number of nitrogens with zero attached hydrogens (tertiary/aromatic N) is 3. The lowest BCUT2D eigenvalue weighted by atomic mass is 9.92. The van der Waals surface area contributed by atoms with Gasteiger partial charge in [-0.05, 0) is 79.8 Å². The van der Waals surface area contributed by atoms with Crippen LogP contribution in [-0.2, 0) is 0 Å². The van der Waals surface area contributed by atoms with Gasteiger partial charge in [0.25, 0.3) is 0 Å². The minimum atomic E-state index is 0.711. The lowest BCUT2D eigenvalue weighted by Gasteiger charge is -2.16. The van der Waals surface area contributed by atoms with E-state index >= 15 is 0 Å². The average Bonchev–Trinajstić information content (AvgIpc) is 3.59. The summed E-state index contributed by atoms with van der Waals surface area (Å²) in [5.74, 6) is 0.711. The van der Waals surface area contributed by atoms with Gasteiger partial charge in [0.2, 0.25) is 0 Å². The van der Waals surface area contributed by atoms with Crippen molar-refractivity contribution in [1.29, 1.82) is 0 Å². The van der Waals surface area contributed by atoms with E-state index in [0.29, 0.717) is 5.82 Å². The number of benzene rings is 9. The van der Waals surface area contributed by atoms with Gasteiger partial charge in [0.05, 0.1) is 22.4 Å². The summed E-state index contributed by atoms with van der Waals surface area (Å²) < 4.78 is 2.38. The molecule has 0 saturated carbocycles. The number of hydrogen-bond acceptors (Lipinski definition) is 2. The fourth-order valence-electron chi connectivity index (χ4n) is 8.47. The fraction of sp³-hybridized carbons (Fsp3) is 0. The van der Waals surface area contributed by atoms with Crippen molar-refractivity contribution in [3.05, 3.63) is 200 Å². The summed E-state index contributed by atoms with van der Waals surface area (Å²) in [4.78, 5) is 10.9. The molecule has 0 bridgehead atoms. The van der Waals surface area contributed by atoms with Gasteiger partial charge >= 0.3 is 0 Å². The molecular formula is C52H33N3. The molecule has 0 N–H and O–H groups in total. The van der Waals surface area contributed by atoms with Gasteiger partial charge in [-0.2, -0.15) is 0 Å². The maximum atomic E-state index is 5.51. The van der Waals surface area contributed by atoms with E-state index in [0.717, 1.165) is 55.7 Å². The van der Waals surface area contributed by atoms with Gasteiger partial charge in [-0.15, -0.1) is 0 Å². The molecule has 9 aromatic carbocycles. The minimum Gasteiger partial charge on any atom is -0.309 e. The Morgan fingerprint density at radius 2 is 0.945 bits per heavy atom. The Morgan fingerprint density at radius 1 is 0.327 bits per heavy atom. The van der Waals surface area contributed by atoms with E-state index in [2.05, 4.69) is 205 Å². The molecule has 55 heavy (non-hydrogen) atoms. The van der Waals surface area contributed by atoms with Crippen LogP contribution in [0.5, 0.6) is 0 Å². The Bertz CT molecular complexity index is 3250. The molecule has 2 heterocycles. The summed E-state index contributed by atoms with van der Waals surface area (Å²) >= 11 is 0. The molecule has 0 unspecified atom stereocenters. The van der Waals surface area contributed by atoms with E-state index in [1.54, 1.807) is 0 Å². The zero-order valence-corrected chi connectivity index (χ0v) is 29.9. The van der Waals surface area contributed by atoms with Crippen molar-refractivity contribution in [1.82, 2.24) is 14.5 Å². The quantitative estimate of drug-likeness (QED) is 0.132. The number of hydrogen-bond donors (Lipinski definition) is 0. The summed E-state index contributed by atoms with van der Waals surface area (Å²) in [6, 6.07) is 71.5. The van der Waals surface area contributed by atoms with Gasteiger partial charge < -0.3 is 4.57 Å². The number of fused-ring (bicyclic) bond motifs is 7. The first-order valence-electron chi connectivity index (χ1n) is 18.7. The summed E-state index contributed by atoms with van der Waals surface area (Å²) in [5.41, 5.74) is 10.7. The SMILES string of the molecule is c1ccc(-c2cc(-c3ccccc3-c3ccc4c5ccccc5n(-c5ccccc5)c4c3)nc(-c3c4ccccc4cc4c3ccc3ccccc34)n2)cc1. The number of rotatable bonds is 5. The molecule has 0 saturated heterocycles. The highest BCUT2D eigenvalue weighted by molar-refractivity contribution is 6.19. The van der Waals surface area contributed by atoms with Crippen LogP contribution >= 0.6 is 0 Å². The van der Waals surface area contributed by atoms with E-state index in [9.17, 15) is 0 Å². The molecule has 0 aliphatic heterocycles. The molecule has 3 heteroatoms. The highest BCUT2D eigenvalue weighted by Gasteiger charge is 2.20. The second-order valence-electron chi connectivity index (χ2n) is 14.1. The smallest absolute Gasteiger partial charge is 0.161 e. The van der Waals surface area contributed by atoms with Crippen LogP contribution in [0.4, 0.5) is 0 Å². The lowest BCUT2D eigenvalue weighted by molar-refractivity contribution is 1.18. The molecule has 0 spiro atoms. The van der Waals surface area contributed by atoms with Crippen LogP contribution in [-0.4, -0.2) is 14.5 Å². The Hall–Kier alpha value is -7.36. The predicted octanol–water partition coefficient (Wildman–Crippen LogP) is 13.7. The van der Waals surface area contributed by atoms with Gasteiger partial charge in [-0.25, -0.2) is 9.97 Å². The molecule has 2 aromatic heterocycles. The average molecular weight is 700 g/mol. The Labute approximate surface area is 318 Å². The molecule has 0 aliphatic rings. The van der Waals surface area contributed by atoms with E-state index in [-0.39, 0.29) is 0 Å². The Morgan fingerprint density at radius 3 is 1.78 bits per heavy atom. The second-order valence-corrected chi connectivity index (χ2v) is 14.1. The normalized spacial score (nSPS) is 11.6. The first-order valence-corrected chi connectivity index (χ1v) is 18.7. The van der Waals surface area contributed by atoms with Crippen molar-refractivity contribution in [3.8, 4) is 50.7 Å². The second kappa shape index (κ2) is 12.6. The van der Waals surface area contributed by atoms with Crippen LogP contribution in [0, 0.1) is 0 Å². The molecule has 11 rings (SSSR count). The first kappa shape index (κ1) is 31.2.